The smallest absolute Gasteiger partial charge is 0.202 e. The van der Waals surface area contributed by atoms with Gasteiger partial charge in [0.1, 0.15) is 22.9 Å². The molecule has 5 rings (SSSR count). The number of carbonyl (C=O) groups is 2. The number of unbranched alkanes of at least 4 members (excludes halogenated alkanes) is 1. The first-order valence-corrected chi connectivity index (χ1v) is 14.2. The number of rotatable bonds is 8. The molecule has 12 heteroatoms. The van der Waals surface area contributed by atoms with Gasteiger partial charge in [-0.1, -0.05) is 71.9 Å². The number of para-hydroxylation sites is 2. The van der Waals surface area contributed by atoms with E-state index in [1.54, 1.807) is 24.3 Å². The minimum Gasteiger partial charge on any atom is -0.507 e. The van der Waals surface area contributed by atoms with Crippen molar-refractivity contribution in [2.45, 2.75) is 19.8 Å². The van der Waals surface area contributed by atoms with E-state index in [-0.39, 0.29) is 55.2 Å². The molecule has 0 saturated carbocycles. The van der Waals surface area contributed by atoms with Crippen LogP contribution in [0.5, 0.6) is 17.2 Å². The lowest BCUT2D eigenvalue weighted by atomic mass is 9.81. The Morgan fingerprint density at radius 1 is 0.690 bits per heavy atom. The minimum absolute atomic E-state index is 0.0755. The molecule has 0 bridgehead atoms. The van der Waals surface area contributed by atoms with Crippen molar-refractivity contribution in [1.82, 2.24) is 0 Å². The molecule has 0 atom stereocenters. The van der Waals surface area contributed by atoms with Gasteiger partial charge in [-0.25, -0.2) is 4.39 Å². The van der Waals surface area contributed by atoms with E-state index in [0.29, 0.717) is 12.8 Å². The van der Waals surface area contributed by atoms with Crippen LogP contribution in [-0.2, 0) is 0 Å². The summed E-state index contributed by atoms with van der Waals surface area (Å²) in [6.07, 6.45) is 1.26. The molecular weight excluding hydrogens is 629 g/mol. The summed E-state index contributed by atoms with van der Waals surface area (Å²) >= 11 is 25.7. The van der Waals surface area contributed by atoms with Crippen molar-refractivity contribution in [3.05, 3.63) is 96.7 Å². The van der Waals surface area contributed by atoms with Crippen LogP contribution in [0.2, 0.25) is 20.1 Å². The SMILES string of the molecule is CCCCOc1c(Nc2c(Cl)cccc2Cl)c(Nc2c(Cl)cccc2Cl)c(F)c2c1C(=O)c1c(O)ccc(O)c1C2=O. The average molecular weight is 650 g/mol. The summed E-state index contributed by atoms with van der Waals surface area (Å²) in [6, 6.07) is 11.4. The minimum atomic E-state index is -1.18. The second kappa shape index (κ2) is 11.9. The van der Waals surface area contributed by atoms with E-state index in [1.807, 2.05) is 6.92 Å². The van der Waals surface area contributed by atoms with Crippen molar-refractivity contribution < 1.29 is 28.9 Å². The number of hydrogen-bond acceptors (Lipinski definition) is 7. The lowest BCUT2D eigenvalue weighted by molar-refractivity contribution is 0.0967. The highest BCUT2D eigenvalue weighted by Crippen LogP contribution is 2.51. The van der Waals surface area contributed by atoms with Gasteiger partial charge in [-0.2, -0.15) is 0 Å². The Morgan fingerprint density at radius 3 is 1.62 bits per heavy atom. The number of hydrogen-bond donors (Lipinski definition) is 4. The first-order valence-electron chi connectivity index (χ1n) is 12.6. The van der Waals surface area contributed by atoms with E-state index >= 15 is 4.39 Å². The van der Waals surface area contributed by atoms with Crippen LogP contribution in [0.4, 0.5) is 27.1 Å². The number of nitrogens with one attached hydrogen (secondary N) is 2. The number of phenolic OH excluding ortho intramolecular Hbond substituents is 2. The lowest BCUT2D eigenvalue weighted by Crippen LogP contribution is -2.25. The number of benzene rings is 4. The molecule has 4 aromatic carbocycles. The number of ketones is 2. The zero-order valence-corrected chi connectivity index (χ0v) is 24.8. The van der Waals surface area contributed by atoms with Gasteiger partial charge in [-0.05, 0) is 42.8 Å². The van der Waals surface area contributed by atoms with Crippen molar-refractivity contribution in [3.63, 3.8) is 0 Å². The Kier molecular flexibility index (Phi) is 8.44. The van der Waals surface area contributed by atoms with Crippen molar-refractivity contribution in [2.75, 3.05) is 17.2 Å². The molecule has 0 fully saturated rings. The third-order valence-corrected chi connectivity index (χ3v) is 7.89. The van der Waals surface area contributed by atoms with Gasteiger partial charge in [-0.3, -0.25) is 9.59 Å². The first-order chi connectivity index (χ1) is 20.1. The van der Waals surface area contributed by atoms with Gasteiger partial charge in [-0.15, -0.1) is 0 Å². The molecule has 0 unspecified atom stereocenters. The van der Waals surface area contributed by atoms with Gasteiger partial charge in [0.25, 0.3) is 0 Å². The molecule has 4 aromatic rings. The maximum atomic E-state index is 16.8. The summed E-state index contributed by atoms with van der Waals surface area (Å²) in [7, 11) is 0. The fourth-order valence-corrected chi connectivity index (χ4v) is 5.58. The summed E-state index contributed by atoms with van der Waals surface area (Å²) < 4.78 is 22.8. The third-order valence-electron chi connectivity index (χ3n) is 6.63. The molecule has 42 heavy (non-hydrogen) atoms. The van der Waals surface area contributed by atoms with Gasteiger partial charge in [0.2, 0.25) is 11.6 Å². The molecule has 216 valence electrons. The van der Waals surface area contributed by atoms with Crippen LogP contribution in [0.3, 0.4) is 0 Å². The molecule has 1 aliphatic carbocycles. The van der Waals surface area contributed by atoms with Gasteiger partial charge >= 0.3 is 0 Å². The fraction of sp³-hybridized carbons (Fsp3) is 0.133. The molecule has 0 radical (unpaired) electrons. The van der Waals surface area contributed by atoms with Crippen LogP contribution < -0.4 is 15.4 Å². The van der Waals surface area contributed by atoms with E-state index in [4.69, 9.17) is 51.1 Å². The molecule has 0 heterocycles. The predicted octanol–water partition coefficient (Wildman–Crippen LogP) is 9.29. The second-order valence-corrected chi connectivity index (χ2v) is 10.9. The quantitative estimate of drug-likeness (QED) is 0.0980. The largest absolute Gasteiger partial charge is 0.507 e. The van der Waals surface area contributed by atoms with E-state index < -0.39 is 51.1 Å². The lowest BCUT2D eigenvalue weighted by Gasteiger charge is -2.27. The maximum Gasteiger partial charge on any atom is 0.202 e. The van der Waals surface area contributed by atoms with E-state index in [1.165, 1.54) is 12.1 Å². The Bertz CT molecular complexity index is 1740. The van der Waals surface area contributed by atoms with E-state index in [0.717, 1.165) is 12.1 Å². The van der Waals surface area contributed by atoms with Gasteiger partial charge in [0, 0.05) is 0 Å². The third kappa shape index (κ3) is 5.09. The number of halogens is 5. The van der Waals surface area contributed by atoms with Crippen LogP contribution in [0.1, 0.15) is 51.6 Å². The Labute approximate surface area is 259 Å². The topological polar surface area (TPSA) is 108 Å². The second-order valence-electron chi connectivity index (χ2n) is 9.30. The van der Waals surface area contributed by atoms with Crippen LogP contribution in [0.15, 0.2) is 48.5 Å². The van der Waals surface area contributed by atoms with E-state index in [2.05, 4.69) is 10.6 Å². The zero-order valence-electron chi connectivity index (χ0n) is 21.7. The summed E-state index contributed by atoms with van der Waals surface area (Å²) in [6.45, 7) is 2.00. The molecule has 0 amide bonds. The highest BCUT2D eigenvalue weighted by Gasteiger charge is 2.42. The predicted molar refractivity (Wildman–Crippen MR) is 163 cm³/mol. The summed E-state index contributed by atoms with van der Waals surface area (Å²) in [5, 5.41) is 27.5. The number of ether oxygens (including phenoxy) is 1. The Morgan fingerprint density at radius 2 is 1.14 bits per heavy atom. The zero-order chi connectivity index (χ0) is 30.3. The molecule has 0 spiro atoms. The molecular formula is C30H21Cl4FN2O5. The van der Waals surface area contributed by atoms with Crippen molar-refractivity contribution in [1.29, 1.82) is 0 Å². The van der Waals surface area contributed by atoms with Crippen LogP contribution in [-0.4, -0.2) is 28.4 Å². The molecule has 0 aromatic heterocycles. The number of aromatic hydroxyl groups is 2. The normalized spacial score (nSPS) is 12.1. The molecule has 1 aliphatic rings. The number of phenols is 2. The highest BCUT2D eigenvalue weighted by atomic mass is 35.5. The van der Waals surface area contributed by atoms with Crippen molar-refractivity contribution in [3.8, 4) is 17.2 Å². The average Bonchev–Trinajstić information content (AvgIpc) is 2.94. The summed E-state index contributed by atoms with van der Waals surface area (Å²) in [5.74, 6) is -4.54. The van der Waals surface area contributed by atoms with Crippen LogP contribution in [0.25, 0.3) is 0 Å². The van der Waals surface area contributed by atoms with Crippen LogP contribution in [0, 0.1) is 5.82 Å². The maximum absolute atomic E-state index is 16.8. The number of anilines is 4. The summed E-state index contributed by atoms with van der Waals surface area (Å²) in [4.78, 5) is 27.7. The molecule has 0 aliphatic heterocycles. The van der Waals surface area contributed by atoms with E-state index in [9.17, 15) is 19.8 Å². The number of fused-ring (bicyclic) bond motifs is 2. The molecule has 4 N–H and O–H groups in total. The number of carbonyl (C=O) groups excluding carboxylic acids is 2. The monoisotopic (exact) mass is 648 g/mol. The van der Waals surface area contributed by atoms with Crippen LogP contribution >= 0.6 is 46.4 Å². The van der Waals surface area contributed by atoms with Crippen molar-refractivity contribution in [2.24, 2.45) is 0 Å². The molecule has 0 saturated heterocycles. The Hall–Kier alpha value is -3.69. The summed E-state index contributed by atoms with van der Waals surface area (Å²) in [5.41, 5.74) is -2.41. The Balaban J connectivity index is 1.88. The van der Waals surface area contributed by atoms with Crippen molar-refractivity contribution >= 4 is 80.7 Å². The standard InChI is InChI=1S/C30H21Cl4FN2O5/c1-2-3-12-42-30-22-21(28(40)19-17(38)10-11-18(39)20(19)29(22)41)23(35)26(36-24-13(31)6-4-7-14(24)32)27(30)37-25-15(33)8-5-9-16(25)34/h4-11,36-39H,2-3,12H2,1H3. The fourth-order valence-electron chi connectivity index (χ4n) is 4.60. The van der Waals surface area contributed by atoms with Gasteiger partial charge < -0.3 is 25.6 Å². The molecule has 7 nitrogen and oxygen atoms in total. The first kappa shape index (κ1) is 29.8. The highest BCUT2D eigenvalue weighted by molar-refractivity contribution is 6.40. The van der Waals surface area contributed by atoms with Gasteiger partial charge in [0.05, 0.1) is 60.3 Å². The van der Waals surface area contributed by atoms with Gasteiger partial charge in [0.15, 0.2) is 11.6 Å².